The second-order valence-corrected chi connectivity index (χ2v) is 5.90. The third-order valence-electron chi connectivity index (χ3n) is 3.92. The lowest BCUT2D eigenvalue weighted by molar-refractivity contribution is 0.170. The van der Waals surface area contributed by atoms with E-state index >= 15 is 0 Å². The maximum absolute atomic E-state index is 6.06. The van der Waals surface area contributed by atoms with Crippen LogP contribution in [0.5, 0.6) is 5.75 Å². The van der Waals surface area contributed by atoms with E-state index in [1.165, 1.54) is 11.1 Å². The highest BCUT2D eigenvalue weighted by molar-refractivity contribution is 5.40. The van der Waals surface area contributed by atoms with E-state index in [4.69, 9.17) is 4.74 Å². The number of benzene rings is 1. The van der Waals surface area contributed by atoms with Gasteiger partial charge in [0.05, 0.1) is 0 Å². The summed E-state index contributed by atoms with van der Waals surface area (Å²) in [5, 5.41) is 3.42. The molecule has 2 heteroatoms. The fourth-order valence-electron chi connectivity index (χ4n) is 2.72. The number of aryl methyl sites for hydroxylation is 1. The quantitative estimate of drug-likeness (QED) is 0.790. The summed E-state index contributed by atoms with van der Waals surface area (Å²) < 4.78 is 6.06. The van der Waals surface area contributed by atoms with Crippen molar-refractivity contribution in [3.05, 3.63) is 42.0 Å². The Morgan fingerprint density at radius 1 is 1.53 bits per heavy atom. The van der Waals surface area contributed by atoms with Crippen molar-refractivity contribution in [3.63, 3.8) is 0 Å². The summed E-state index contributed by atoms with van der Waals surface area (Å²) in [4.78, 5) is 0. The van der Waals surface area contributed by atoms with E-state index in [0.717, 1.165) is 31.7 Å². The molecule has 1 aliphatic rings. The molecule has 1 aromatic rings. The lowest BCUT2D eigenvalue weighted by atomic mass is 9.83. The zero-order chi connectivity index (χ0) is 13.9. The lowest BCUT2D eigenvalue weighted by Gasteiger charge is -2.28. The number of nitrogens with one attached hydrogen (secondary N) is 1. The van der Waals surface area contributed by atoms with Gasteiger partial charge in [0.2, 0.25) is 0 Å². The molecule has 1 aliphatic heterocycles. The zero-order valence-electron chi connectivity index (χ0n) is 12.3. The molecule has 2 atom stereocenters. The van der Waals surface area contributed by atoms with Gasteiger partial charge in [0.15, 0.2) is 0 Å². The van der Waals surface area contributed by atoms with Crippen molar-refractivity contribution in [2.24, 2.45) is 5.41 Å². The van der Waals surface area contributed by atoms with Crippen LogP contribution in [0.2, 0.25) is 0 Å². The molecule has 0 aliphatic carbocycles. The predicted molar refractivity (Wildman–Crippen MR) is 80.8 cm³/mol. The molecule has 2 rings (SSSR count). The number of ether oxygens (including phenoxy) is 1. The Labute approximate surface area is 116 Å². The first-order valence-electron chi connectivity index (χ1n) is 7.17. The van der Waals surface area contributed by atoms with Crippen molar-refractivity contribution in [2.45, 2.75) is 39.7 Å². The molecular formula is C17H25NO. The van der Waals surface area contributed by atoms with Gasteiger partial charge >= 0.3 is 0 Å². The molecule has 0 saturated heterocycles. The van der Waals surface area contributed by atoms with Gasteiger partial charge in [0.25, 0.3) is 0 Å². The molecule has 104 valence electrons. The monoisotopic (exact) mass is 259 g/mol. The van der Waals surface area contributed by atoms with Gasteiger partial charge in [-0.1, -0.05) is 37.6 Å². The summed E-state index contributed by atoms with van der Waals surface area (Å²) >= 11 is 0. The molecule has 0 bridgehead atoms. The predicted octanol–water partition coefficient (Wildman–Crippen LogP) is 3.49. The van der Waals surface area contributed by atoms with Crippen LogP contribution in [0.4, 0.5) is 0 Å². The number of hydrogen-bond acceptors (Lipinski definition) is 2. The summed E-state index contributed by atoms with van der Waals surface area (Å²) in [7, 11) is 0. The molecule has 1 N–H and O–H groups in total. The van der Waals surface area contributed by atoms with Crippen molar-refractivity contribution >= 4 is 0 Å². The normalized spacial score (nSPS) is 20.5. The summed E-state index contributed by atoms with van der Waals surface area (Å²) in [5.74, 6) is 1.06. The van der Waals surface area contributed by atoms with E-state index in [9.17, 15) is 0 Å². The van der Waals surface area contributed by atoms with Gasteiger partial charge in [-0.2, -0.15) is 0 Å². The molecular weight excluding hydrogens is 234 g/mol. The Kier molecular flexibility index (Phi) is 4.31. The van der Waals surface area contributed by atoms with Crippen LogP contribution >= 0.6 is 0 Å². The standard InChI is InChI=1S/C17H25NO/c1-5-17(4,12-18-6-2)11-15-10-14-9-13(3)7-8-16(14)19-15/h5,7-9,15,18H,1,6,10-12H2,2-4H3. The fraction of sp³-hybridized carbons (Fsp3) is 0.529. The van der Waals surface area contributed by atoms with Crippen LogP contribution in [0.1, 0.15) is 31.4 Å². The summed E-state index contributed by atoms with van der Waals surface area (Å²) in [6.45, 7) is 12.5. The van der Waals surface area contributed by atoms with E-state index < -0.39 is 0 Å². The van der Waals surface area contributed by atoms with Crippen LogP contribution in [-0.2, 0) is 6.42 Å². The van der Waals surface area contributed by atoms with Crippen LogP contribution in [0.25, 0.3) is 0 Å². The van der Waals surface area contributed by atoms with Gasteiger partial charge in [-0.3, -0.25) is 0 Å². The molecule has 0 aromatic heterocycles. The minimum Gasteiger partial charge on any atom is -0.490 e. The number of rotatable bonds is 6. The van der Waals surface area contributed by atoms with Crippen LogP contribution in [-0.4, -0.2) is 19.2 Å². The minimum atomic E-state index is 0.0950. The van der Waals surface area contributed by atoms with E-state index in [1.54, 1.807) is 0 Å². The maximum Gasteiger partial charge on any atom is 0.123 e. The number of hydrogen-bond donors (Lipinski definition) is 1. The highest BCUT2D eigenvalue weighted by atomic mass is 16.5. The summed E-state index contributed by atoms with van der Waals surface area (Å²) in [5.41, 5.74) is 2.75. The van der Waals surface area contributed by atoms with Gasteiger partial charge in [-0.25, -0.2) is 0 Å². The van der Waals surface area contributed by atoms with Crippen molar-refractivity contribution in [2.75, 3.05) is 13.1 Å². The Balaban J connectivity index is 2.00. The summed E-state index contributed by atoms with van der Waals surface area (Å²) in [6, 6.07) is 6.46. The topological polar surface area (TPSA) is 21.3 Å². The fourth-order valence-corrected chi connectivity index (χ4v) is 2.72. The van der Waals surface area contributed by atoms with Crippen molar-refractivity contribution in [1.82, 2.24) is 5.32 Å². The molecule has 1 aromatic carbocycles. The van der Waals surface area contributed by atoms with E-state index in [0.29, 0.717) is 0 Å². The third kappa shape index (κ3) is 3.38. The van der Waals surface area contributed by atoms with Crippen LogP contribution < -0.4 is 10.1 Å². The molecule has 0 fully saturated rings. The Morgan fingerprint density at radius 3 is 3.00 bits per heavy atom. The Bertz CT molecular complexity index is 455. The van der Waals surface area contributed by atoms with Gasteiger partial charge in [0.1, 0.15) is 11.9 Å². The van der Waals surface area contributed by atoms with Crippen LogP contribution in [0.3, 0.4) is 0 Å². The van der Waals surface area contributed by atoms with E-state index in [-0.39, 0.29) is 11.5 Å². The summed E-state index contributed by atoms with van der Waals surface area (Å²) in [6.07, 6.45) is 4.37. The smallest absolute Gasteiger partial charge is 0.123 e. The molecule has 0 amide bonds. The first-order chi connectivity index (χ1) is 9.06. The van der Waals surface area contributed by atoms with Gasteiger partial charge in [-0.15, -0.1) is 6.58 Å². The number of fused-ring (bicyclic) bond motifs is 1. The largest absolute Gasteiger partial charge is 0.490 e. The first-order valence-corrected chi connectivity index (χ1v) is 7.17. The molecule has 19 heavy (non-hydrogen) atoms. The van der Waals surface area contributed by atoms with Gasteiger partial charge in [-0.05, 0) is 31.5 Å². The third-order valence-corrected chi connectivity index (χ3v) is 3.92. The SMILES string of the molecule is C=CC(C)(CNCC)CC1Cc2cc(C)ccc2O1. The molecule has 2 unspecified atom stereocenters. The average molecular weight is 259 g/mol. The average Bonchev–Trinajstić information content (AvgIpc) is 2.77. The van der Waals surface area contributed by atoms with Crippen molar-refractivity contribution in [1.29, 1.82) is 0 Å². The van der Waals surface area contributed by atoms with Gasteiger partial charge in [0, 0.05) is 18.4 Å². The second-order valence-electron chi connectivity index (χ2n) is 5.90. The molecule has 1 heterocycles. The highest BCUT2D eigenvalue weighted by Crippen LogP contribution is 2.35. The van der Waals surface area contributed by atoms with Crippen LogP contribution in [0.15, 0.2) is 30.9 Å². The second kappa shape index (κ2) is 5.79. The van der Waals surface area contributed by atoms with E-state index in [2.05, 4.69) is 56.9 Å². The van der Waals surface area contributed by atoms with Crippen LogP contribution in [0, 0.1) is 12.3 Å². The molecule has 0 radical (unpaired) electrons. The Morgan fingerprint density at radius 2 is 2.32 bits per heavy atom. The lowest BCUT2D eigenvalue weighted by Crippen LogP contribution is -2.34. The highest BCUT2D eigenvalue weighted by Gasteiger charge is 2.30. The maximum atomic E-state index is 6.06. The minimum absolute atomic E-state index is 0.0950. The van der Waals surface area contributed by atoms with Gasteiger partial charge < -0.3 is 10.1 Å². The molecule has 0 saturated carbocycles. The molecule has 0 spiro atoms. The van der Waals surface area contributed by atoms with Crippen molar-refractivity contribution < 1.29 is 4.74 Å². The van der Waals surface area contributed by atoms with Crippen molar-refractivity contribution in [3.8, 4) is 5.75 Å². The molecule has 2 nitrogen and oxygen atoms in total. The zero-order valence-corrected chi connectivity index (χ0v) is 12.3. The first kappa shape index (κ1) is 14.1. The Hall–Kier alpha value is -1.28. The van der Waals surface area contributed by atoms with E-state index in [1.807, 2.05) is 0 Å².